The molecule has 1 aromatic rings. The monoisotopic (exact) mass is 263 g/mol. The van der Waals surface area contributed by atoms with Gasteiger partial charge in [-0.15, -0.1) is 0 Å². The van der Waals surface area contributed by atoms with Crippen molar-refractivity contribution in [2.24, 2.45) is 5.41 Å². The summed E-state index contributed by atoms with van der Waals surface area (Å²) in [6.45, 7) is 11.0. The Morgan fingerprint density at radius 3 is 2.58 bits per heavy atom. The first kappa shape index (κ1) is 16.0. The van der Waals surface area contributed by atoms with Crippen LogP contribution in [0.2, 0.25) is 0 Å². The molecule has 0 radical (unpaired) electrons. The molecule has 1 unspecified atom stereocenters. The predicted molar refractivity (Wildman–Crippen MR) is 83.0 cm³/mol. The fourth-order valence-corrected chi connectivity index (χ4v) is 2.77. The average molecular weight is 263 g/mol. The molecule has 0 aliphatic carbocycles. The summed E-state index contributed by atoms with van der Waals surface area (Å²) in [5.74, 6) is 1.02. The average Bonchev–Trinajstić information content (AvgIpc) is 2.37. The van der Waals surface area contributed by atoms with Crippen molar-refractivity contribution < 1.29 is 4.74 Å². The van der Waals surface area contributed by atoms with Crippen molar-refractivity contribution >= 4 is 0 Å². The standard InChI is InChI=1S/C17H29NO/c1-6-10-17(4,13-18-7-2)12-15-11-14(3)8-9-16(15)19-5/h8-9,11,18H,6-7,10,12-13H2,1-5H3. The Balaban J connectivity index is 2.91. The third kappa shape index (κ3) is 4.87. The quantitative estimate of drug-likeness (QED) is 0.766. The molecule has 0 aromatic heterocycles. The molecule has 0 fully saturated rings. The van der Waals surface area contributed by atoms with Gasteiger partial charge in [0.25, 0.3) is 0 Å². The Bertz CT molecular complexity index is 389. The van der Waals surface area contributed by atoms with Crippen LogP contribution in [0.15, 0.2) is 18.2 Å². The van der Waals surface area contributed by atoms with Gasteiger partial charge in [0.2, 0.25) is 0 Å². The number of rotatable bonds is 8. The summed E-state index contributed by atoms with van der Waals surface area (Å²) in [5.41, 5.74) is 2.93. The summed E-state index contributed by atoms with van der Waals surface area (Å²) in [6, 6.07) is 6.47. The molecule has 1 aromatic carbocycles. The smallest absolute Gasteiger partial charge is 0.122 e. The van der Waals surface area contributed by atoms with Crippen LogP contribution in [0, 0.1) is 12.3 Å². The van der Waals surface area contributed by atoms with Gasteiger partial charge in [-0.05, 0) is 43.4 Å². The van der Waals surface area contributed by atoms with E-state index >= 15 is 0 Å². The first-order chi connectivity index (χ1) is 9.04. The minimum atomic E-state index is 0.297. The highest BCUT2D eigenvalue weighted by Crippen LogP contribution is 2.32. The van der Waals surface area contributed by atoms with Crippen molar-refractivity contribution in [2.45, 2.75) is 47.0 Å². The zero-order valence-electron chi connectivity index (χ0n) is 13.2. The first-order valence-corrected chi connectivity index (χ1v) is 7.39. The van der Waals surface area contributed by atoms with Crippen LogP contribution in [0.3, 0.4) is 0 Å². The van der Waals surface area contributed by atoms with E-state index in [2.05, 4.69) is 51.2 Å². The highest BCUT2D eigenvalue weighted by molar-refractivity contribution is 5.37. The van der Waals surface area contributed by atoms with E-state index < -0.39 is 0 Å². The van der Waals surface area contributed by atoms with Crippen molar-refractivity contribution in [3.05, 3.63) is 29.3 Å². The van der Waals surface area contributed by atoms with Gasteiger partial charge in [0.15, 0.2) is 0 Å². The molecule has 0 saturated heterocycles. The normalized spacial score (nSPS) is 14.2. The number of nitrogens with one attached hydrogen (secondary N) is 1. The first-order valence-electron chi connectivity index (χ1n) is 7.39. The Hall–Kier alpha value is -1.02. The zero-order valence-corrected chi connectivity index (χ0v) is 13.2. The third-order valence-corrected chi connectivity index (χ3v) is 3.71. The summed E-state index contributed by atoms with van der Waals surface area (Å²) >= 11 is 0. The number of hydrogen-bond acceptors (Lipinski definition) is 2. The maximum Gasteiger partial charge on any atom is 0.122 e. The molecule has 0 aliphatic rings. The van der Waals surface area contributed by atoms with Crippen LogP contribution < -0.4 is 10.1 Å². The summed E-state index contributed by atoms with van der Waals surface area (Å²) in [7, 11) is 1.76. The molecule has 0 bridgehead atoms. The second-order valence-electron chi connectivity index (χ2n) is 5.83. The molecule has 0 saturated carbocycles. The van der Waals surface area contributed by atoms with Crippen molar-refractivity contribution in [1.82, 2.24) is 5.32 Å². The van der Waals surface area contributed by atoms with Crippen molar-refractivity contribution in [2.75, 3.05) is 20.2 Å². The lowest BCUT2D eigenvalue weighted by molar-refractivity contribution is 0.273. The topological polar surface area (TPSA) is 21.3 Å². The van der Waals surface area contributed by atoms with Crippen molar-refractivity contribution in [3.63, 3.8) is 0 Å². The summed E-state index contributed by atoms with van der Waals surface area (Å²) < 4.78 is 5.51. The zero-order chi connectivity index (χ0) is 14.3. The van der Waals surface area contributed by atoms with Gasteiger partial charge in [0.05, 0.1) is 7.11 Å². The van der Waals surface area contributed by atoms with E-state index in [1.54, 1.807) is 7.11 Å². The Morgan fingerprint density at radius 2 is 2.00 bits per heavy atom. The van der Waals surface area contributed by atoms with Crippen LogP contribution in [0.4, 0.5) is 0 Å². The molecule has 0 aliphatic heterocycles. The van der Waals surface area contributed by atoms with E-state index in [9.17, 15) is 0 Å². The van der Waals surface area contributed by atoms with Crippen LogP contribution in [-0.2, 0) is 6.42 Å². The molecule has 19 heavy (non-hydrogen) atoms. The molecule has 2 heteroatoms. The fourth-order valence-electron chi connectivity index (χ4n) is 2.77. The molecular formula is C17H29NO. The van der Waals surface area contributed by atoms with E-state index in [0.717, 1.165) is 25.3 Å². The maximum absolute atomic E-state index is 5.51. The second-order valence-corrected chi connectivity index (χ2v) is 5.83. The van der Waals surface area contributed by atoms with Gasteiger partial charge in [-0.3, -0.25) is 0 Å². The van der Waals surface area contributed by atoms with Crippen LogP contribution >= 0.6 is 0 Å². The summed E-state index contributed by atoms with van der Waals surface area (Å²) in [6.07, 6.45) is 3.52. The van der Waals surface area contributed by atoms with Gasteiger partial charge in [0, 0.05) is 6.54 Å². The van der Waals surface area contributed by atoms with E-state index in [1.165, 1.54) is 24.0 Å². The van der Waals surface area contributed by atoms with Crippen LogP contribution in [0.1, 0.15) is 44.7 Å². The fraction of sp³-hybridized carbons (Fsp3) is 0.647. The molecule has 0 amide bonds. The predicted octanol–water partition coefficient (Wildman–Crippen LogP) is 3.96. The Labute approximate surface area is 118 Å². The van der Waals surface area contributed by atoms with Crippen LogP contribution in [0.25, 0.3) is 0 Å². The summed E-state index contributed by atoms with van der Waals surface area (Å²) in [4.78, 5) is 0. The number of aryl methyl sites for hydroxylation is 1. The van der Waals surface area contributed by atoms with Gasteiger partial charge in [-0.2, -0.15) is 0 Å². The molecule has 1 N–H and O–H groups in total. The van der Waals surface area contributed by atoms with Gasteiger partial charge < -0.3 is 10.1 Å². The Morgan fingerprint density at radius 1 is 1.26 bits per heavy atom. The molecular weight excluding hydrogens is 234 g/mol. The number of benzene rings is 1. The van der Waals surface area contributed by atoms with E-state index in [-0.39, 0.29) is 0 Å². The third-order valence-electron chi connectivity index (χ3n) is 3.71. The summed E-state index contributed by atoms with van der Waals surface area (Å²) in [5, 5.41) is 3.51. The van der Waals surface area contributed by atoms with E-state index in [4.69, 9.17) is 4.74 Å². The number of methoxy groups -OCH3 is 1. The van der Waals surface area contributed by atoms with Gasteiger partial charge in [-0.25, -0.2) is 0 Å². The molecule has 1 rings (SSSR count). The van der Waals surface area contributed by atoms with Crippen LogP contribution in [-0.4, -0.2) is 20.2 Å². The number of ether oxygens (including phenoxy) is 1. The van der Waals surface area contributed by atoms with Gasteiger partial charge in [-0.1, -0.05) is 44.9 Å². The second kappa shape index (κ2) is 7.54. The highest BCUT2D eigenvalue weighted by atomic mass is 16.5. The molecule has 0 heterocycles. The van der Waals surface area contributed by atoms with E-state index in [1.807, 2.05) is 0 Å². The van der Waals surface area contributed by atoms with Crippen molar-refractivity contribution in [3.8, 4) is 5.75 Å². The van der Waals surface area contributed by atoms with Crippen molar-refractivity contribution in [1.29, 1.82) is 0 Å². The molecule has 0 spiro atoms. The van der Waals surface area contributed by atoms with Crippen LogP contribution in [0.5, 0.6) is 5.75 Å². The van der Waals surface area contributed by atoms with E-state index in [0.29, 0.717) is 5.41 Å². The highest BCUT2D eigenvalue weighted by Gasteiger charge is 2.24. The lowest BCUT2D eigenvalue weighted by Gasteiger charge is -2.30. The SMILES string of the molecule is CCCC(C)(CNCC)Cc1cc(C)ccc1OC. The molecule has 108 valence electrons. The number of hydrogen-bond donors (Lipinski definition) is 1. The van der Waals surface area contributed by atoms with Gasteiger partial charge >= 0.3 is 0 Å². The largest absolute Gasteiger partial charge is 0.496 e. The Kier molecular flexibility index (Phi) is 6.36. The molecule has 1 atom stereocenters. The maximum atomic E-state index is 5.51. The van der Waals surface area contributed by atoms with Gasteiger partial charge in [0.1, 0.15) is 5.75 Å². The lowest BCUT2D eigenvalue weighted by atomic mass is 9.79. The minimum absolute atomic E-state index is 0.297. The molecule has 2 nitrogen and oxygen atoms in total. The lowest BCUT2D eigenvalue weighted by Crippen LogP contribution is -2.33. The minimum Gasteiger partial charge on any atom is -0.496 e.